The van der Waals surface area contributed by atoms with Gasteiger partial charge in [0, 0.05) is 29.4 Å². The molecule has 21 heavy (non-hydrogen) atoms. The molecule has 2 aromatic rings. The van der Waals surface area contributed by atoms with E-state index >= 15 is 0 Å². The summed E-state index contributed by atoms with van der Waals surface area (Å²) in [5.41, 5.74) is 1.63. The minimum absolute atomic E-state index is 0.182. The lowest BCUT2D eigenvalue weighted by molar-refractivity contribution is -0.135. The number of hydrogen-bond donors (Lipinski definition) is 0. The molecule has 0 aliphatic carbocycles. The van der Waals surface area contributed by atoms with Gasteiger partial charge in [0.25, 0.3) is 0 Å². The van der Waals surface area contributed by atoms with Crippen LogP contribution < -0.4 is 0 Å². The van der Waals surface area contributed by atoms with Crippen molar-refractivity contribution in [3.05, 3.63) is 64.4 Å². The van der Waals surface area contributed by atoms with Crippen molar-refractivity contribution in [3.8, 4) is 0 Å². The van der Waals surface area contributed by atoms with E-state index in [1.807, 2.05) is 24.3 Å². The Balaban J connectivity index is 1.98. The van der Waals surface area contributed by atoms with E-state index in [0.717, 1.165) is 15.6 Å². The van der Waals surface area contributed by atoms with Gasteiger partial charge in [-0.1, -0.05) is 12.1 Å². The molecule has 0 unspecified atom stereocenters. The molecule has 3 rings (SSSR count). The van der Waals surface area contributed by atoms with Gasteiger partial charge in [0.2, 0.25) is 18.0 Å². The fourth-order valence-corrected chi connectivity index (χ4v) is 2.51. The molecule has 0 saturated carbocycles. The summed E-state index contributed by atoms with van der Waals surface area (Å²) in [4.78, 5) is 15.8. The number of pyridine rings is 1. The van der Waals surface area contributed by atoms with Gasteiger partial charge in [0.05, 0.1) is 5.56 Å². The molecule has 6 heteroatoms. The lowest BCUT2D eigenvalue weighted by Gasteiger charge is -2.18. The first-order valence-electron chi connectivity index (χ1n) is 6.36. The molecule has 0 saturated heterocycles. The van der Waals surface area contributed by atoms with E-state index in [0.29, 0.717) is 5.90 Å². The summed E-state index contributed by atoms with van der Waals surface area (Å²) in [7, 11) is 0. The van der Waals surface area contributed by atoms with E-state index in [1.165, 1.54) is 11.9 Å². The van der Waals surface area contributed by atoms with Gasteiger partial charge in [-0.15, -0.1) is 5.10 Å². The van der Waals surface area contributed by atoms with Gasteiger partial charge in [-0.3, -0.25) is 9.78 Å². The van der Waals surface area contributed by atoms with E-state index in [-0.39, 0.29) is 5.91 Å². The third kappa shape index (κ3) is 2.67. The monoisotopic (exact) mass is 345 g/mol. The highest BCUT2D eigenvalue weighted by Gasteiger charge is 2.33. The smallest absolute Gasteiger partial charge is 0.243 e. The molecule has 2 heterocycles. The zero-order valence-electron chi connectivity index (χ0n) is 11.2. The van der Waals surface area contributed by atoms with E-state index in [2.05, 4.69) is 26.0 Å². The van der Waals surface area contributed by atoms with Gasteiger partial charge in [-0.2, -0.15) is 5.01 Å². The van der Waals surface area contributed by atoms with E-state index < -0.39 is 6.23 Å². The van der Waals surface area contributed by atoms with Crippen LogP contribution in [-0.2, 0) is 9.53 Å². The number of carbonyl (C=O) groups is 1. The zero-order valence-corrected chi connectivity index (χ0v) is 12.8. The number of aromatic nitrogens is 1. The van der Waals surface area contributed by atoms with Gasteiger partial charge < -0.3 is 4.74 Å². The van der Waals surface area contributed by atoms with Crippen LogP contribution in [0.15, 0.2) is 58.4 Å². The summed E-state index contributed by atoms with van der Waals surface area (Å²) in [5.74, 6) is 0.235. The third-order valence-electron chi connectivity index (χ3n) is 3.06. The lowest BCUT2D eigenvalue weighted by atomic mass is 10.2. The number of rotatable bonds is 2. The highest BCUT2D eigenvalue weighted by molar-refractivity contribution is 9.10. The van der Waals surface area contributed by atoms with Crippen molar-refractivity contribution in [1.82, 2.24) is 9.99 Å². The largest absolute Gasteiger partial charge is 0.446 e. The van der Waals surface area contributed by atoms with Gasteiger partial charge in [-0.05, 0) is 40.2 Å². The van der Waals surface area contributed by atoms with Crippen LogP contribution in [0.2, 0.25) is 0 Å². The second-order valence-electron chi connectivity index (χ2n) is 4.50. The number of carbonyl (C=O) groups excluding carboxylic acids is 1. The quantitative estimate of drug-likeness (QED) is 0.840. The van der Waals surface area contributed by atoms with Crippen molar-refractivity contribution in [3.63, 3.8) is 0 Å². The Bertz CT molecular complexity index is 703. The maximum atomic E-state index is 11.8. The molecular weight excluding hydrogens is 334 g/mol. The molecule has 0 fully saturated rings. The second kappa shape index (κ2) is 5.65. The molecule has 1 aromatic heterocycles. The first kappa shape index (κ1) is 13.8. The lowest BCUT2D eigenvalue weighted by Crippen LogP contribution is -2.25. The molecule has 1 aliphatic heterocycles. The first-order valence-corrected chi connectivity index (χ1v) is 7.16. The number of amides is 1. The van der Waals surface area contributed by atoms with E-state index in [4.69, 9.17) is 4.74 Å². The minimum atomic E-state index is -0.562. The molecular formula is C15H12BrN3O2. The van der Waals surface area contributed by atoms with Gasteiger partial charge >= 0.3 is 0 Å². The Labute approximate surface area is 130 Å². The molecule has 0 bridgehead atoms. The fourth-order valence-electron chi connectivity index (χ4n) is 2.05. The summed E-state index contributed by atoms with van der Waals surface area (Å²) < 4.78 is 6.75. The van der Waals surface area contributed by atoms with Crippen molar-refractivity contribution in [2.24, 2.45) is 5.10 Å². The average molecular weight is 346 g/mol. The van der Waals surface area contributed by atoms with Crippen LogP contribution in [0.3, 0.4) is 0 Å². The zero-order chi connectivity index (χ0) is 14.8. The van der Waals surface area contributed by atoms with Crippen LogP contribution in [0.25, 0.3) is 0 Å². The molecule has 1 aliphatic rings. The van der Waals surface area contributed by atoms with Crippen molar-refractivity contribution in [2.45, 2.75) is 13.2 Å². The van der Waals surface area contributed by atoms with Crippen LogP contribution in [0.1, 0.15) is 24.3 Å². The Hall–Kier alpha value is -2.21. The molecule has 106 valence electrons. The predicted octanol–water partition coefficient (Wildman–Crippen LogP) is 3.08. The molecule has 1 aromatic carbocycles. The second-order valence-corrected chi connectivity index (χ2v) is 5.35. The standard InChI is InChI=1S/C15H12BrN3O2/c1-10(20)19-15(11-6-8-17-9-7-11)21-14(18-19)12-4-2-3-5-13(12)16/h2-9,15H,1H3/t15-/m0/s1. The summed E-state index contributed by atoms with van der Waals surface area (Å²) in [6.45, 7) is 1.46. The number of nitrogens with zero attached hydrogens (tertiary/aromatic N) is 3. The number of halogens is 1. The summed E-state index contributed by atoms with van der Waals surface area (Å²) >= 11 is 3.47. The SMILES string of the molecule is CC(=O)N1N=C(c2ccccc2Br)O[C@H]1c1ccncc1. The molecule has 0 N–H and O–H groups in total. The molecule has 1 amide bonds. The maximum absolute atomic E-state index is 11.8. The van der Waals surface area contributed by atoms with E-state index in [9.17, 15) is 4.79 Å². The van der Waals surface area contributed by atoms with Crippen LogP contribution in [0, 0.1) is 0 Å². The van der Waals surface area contributed by atoms with Crippen molar-refractivity contribution in [1.29, 1.82) is 0 Å². The van der Waals surface area contributed by atoms with Crippen LogP contribution in [0.4, 0.5) is 0 Å². The maximum Gasteiger partial charge on any atom is 0.243 e. The minimum Gasteiger partial charge on any atom is -0.446 e. The summed E-state index contributed by atoms with van der Waals surface area (Å²) in [5, 5.41) is 5.64. The fraction of sp³-hybridized carbons (Fsp3) is 0.133. The van der Waals surface area contributed by atoms with Crippen molar-refractivity contribution < 1.29 is 9.53 Å². The Morgan fingerprint density at radius 2 is 1.95 bits per heavy atom. The Morgan fingerprint density at radius 1 is 1.24 bits per heavy atom. The molecule has 0 spiro atoms. The normalized spacial score (nSPS) is 17.3. The van der Waals surface area contributed by atoms with Crippen LogP contribution in [0.5, 0.6) is 0 Å². The van der Waals surface area contributed by atoms with E-state index in [1.54, 1.807) is 24.5 Å². The van der Waals surface area contributed by atoms with Crippen molar-refractivity contribution >= 4 is 27.7 Å². The van der Waals surface area contributed by atoms with Gasteiger partial charge in [0.15, 0.2) is 0 Å². The number of benzene rings is 1. The summed E-state index contributed by atoms with van der Waals surface area (Å²) in [6.07, 6.45) is 2.76. The highest BCUT2D eigenvalue weighted by atomic mass is 79.9. The van der Waals surface area contributed by atoms with Crippen molar-refractivity contribution in [2.75, 3.05) is 0 Å². The van der Waals surface area contributed by atoms with Gasteiger partial charge in [-0.25, -0.2) is 0 Å². The first-order chi connectivity index (χ1) is 10.2. The predicted molar refractivity (Wildman–Crippen MR) is 81.3 cm³/mol. The molecule has 0 radical (unpaired) electrons. The summed E-state index contributed by atoms with van der Waals surface area (Å²) in [6, 6.07) is 11.2. The van der Waals surface area contributed by atoms with Crippen LogP contribution in [-0.4, -0.2) is 21.8 Å². The topological polar surface area (TPSA) is 54.8 Å². The molecule has 1 atom stereocenters. The average Bonchev–Trinajstić information content (AvgIpc) is 2.94. The third-order valence-corrected chi connectivity index (χ3v) is 3.75. The van der Waals surface area contributed by atoms with Gasteiger partial charge in [0.1, 0.15) is 0 Å². The van der Waals surface area contributed by atoms with Crippen LogP contribution >= 0.6 is 15.9 Å². The molecule has 5 nitrogen and oxygen atoms in total. The Kier molecular flexibility index (Phi) is 3.70. The number of ether oxygens (including phenoxy) is 1. The number of hydrogen-bond acceptors (Lipinski definition) is 4. The Morgan fingerprint density at radius 3 is 2.62 bits per heavy atom. The highest BCUT2D eigenvalue weighted by Crippen LogP contribution is 2.31. The number of hydrazone groups is 1.